The first-order valence-electron chi connectivity index (χ1n) is 4.66. The highest BCUT2D eigenvalue weighted by Gasteiger charge is 2.19. The van der Waals surface area contributed by atoms with Crippen molar-refractivity contribution in [2.45, 2.75) is 19.5 Å². The number of aliphatic carboxylic acids is 1. The highest BCUT2D eigenvalue weighted by atomic mass is 19.3. The normalized spacial score (nSPS) is 10.3. The van der Waals surface area contributed by atoms with Crippen LogP contribution in [0.4, 0.5) is 8.78 Å². The molecule has 0 aliphatic heterocycles. The highest BCUT2D eigenvalue weighted by Crippen LogP contribution is 2.27. The molecule has 6 heteroatoms. The molecule has 90 valence electrons. The molecule has 0 saturated carbocycles. The Balaban J connectivity index is 3.41. The second-order valence-corrected chi connectivity index (χ2v) is 3.34. The fourth-order valence-corrected chi connectivity index (χ4v) is 1.52. The Bertz CT molecular complexity index is 480. The second-order valence-electron chi connectivity index (χ2n) is 3.34. The first-order valence-corrected chi connectivity index (χ1v) is 4.66. The van der Waals surface area contributed by atoms with Crippen molar-refractivity contribution in [2.24, 2.45) is 0 Å². The standard InChI is InChI=1S/C11H9F2NO3/c12-11(13)9-2-6(4-14)1-7(5-15)8(9)3-10(16)17/h1-2,11,15H,3,5H2,(H,16,17). The molecule has 0 spiro atoms. The number of benzene rings is 1. The number of carbonyl (C=O) groups is 1. The fraction of sp³-hybridized carbons (Fsp3) is 0.273. The average Bonchev–Trinajstić information content (AvgIpc) is 2.28. The SMILES string of the molecule is N#Cc1cc(CO)c(CC(=O)O)c(C(F)F)c1. The number of nitriles is 1. The maximum Gasteiger partial charge on any atom is 0.307 e. The number of rotatable bonds is 4. The van der Waals surface area contributed by atoms with Gasteiger partial charge in [-0.2, -0.15) is 5.26 Å². The van der Waals surface area contributed by atoms with E-state index in [-0.39, 0.29) is 16.7 Å². The van der Waals surface area contributed by atoms with Crippen LogP contribution in [0.3, 0.4) is 0 Å². The van der Waals surface area contributed by atoms with Gasteiger partial charge in [0.05, 0.1) is 24.7 Å². The van der Waals surface area contributed by atoms with Crippen LogP contribution in [0.1, 0.15) is 28.7 Å². The van der Waals surface area contributed by atoms with Crippen molar-refractivity contribution in [3.8, 4) is 6.07 Å². The highest BCUT2D eigenvalue weighted by molar-refractivity contribution is 5.71. The molecule has 17 heavy (non-hydrogen) atoms. The summed E-state index contributed by atoms with van der Waals surface area (Å²) in [7, 11) is 0. The van der Waals surface area contributed by atoms with Crippen LogP contribution in [0.25, 0.3) is 0 Å². The maximum absolute atomic E-state index is 12.7. The molecule has 1 rings (SSSR count). The quantitative estimate of drug-likeness (QED) is 0.839. The van der Waals surface area contributed by atoms with Gasteiger partial charge in [-0.3, -0.25) is 4.79 Å². The van der Waals surface area contributed by atoms with E-state index in [9.17, 15) is 13.6 Å². The number of aliphatic hydroxyl groups excluding tert-OH is 1. The summed E-state index contributed by atoms with van der Waals surface area (Å²) in [6.07, 6.45) is -3.50. The van der Waals surface area contributed by atoms with Crippen molar-refractivity contribution >= 4 is 5.97 Å². The number of halogens is 2. The lowest BCUT2D eigenvalue weighted by Crippen LogP contribution is -2.08. The third kappa shape index (κ3) is 2.98. The Morgan fingerprint density at radius 1 is 1.47 bits per heavy atom. The van der Waals surface area contributed by atoms with E-state index < -0.39 is 31.0 Å². The molecule has 0 atom stereocenters. The number of aliphatic hydroxyl groups is 1. The van der Waals surface area contributed by atoms with Gasteiger partial charge in [0.2, 0.25) is 0 Å². The summed E-state index contributed by atoms with van der Waals surface area (Å²) in [5, 5.41) is 26.3. The molecule has 0 heterocycles. The molecule has 0 fully saturated rings. The first-order chi connectivity index (χ1) is 7.99. The fourth-order valence-electron chi connectivity index (χ4n) is 1.52. The Morgan fingerprint density at radius 2 is 2.12 bits per heavy atom. The van der Waals surface area contributed by atoms with E-state index in [1.807, 2.05) is 0 Å². The summed E-state index contributed by atoms with van der Waals surface area (Å²) >= 11 is 0. The zero-order chi connectivity index (χ0) is 13.0. The smallest absolute Gasteiger partial charge is 0.307 e. The van der Waals surface area contributed by atoms with E-state index >= 15 is 0 Å². The van der Waals surface area contributed by atoms with Gasteiger partial charge in [0.15, 0.2) is 0 Å². The molecule has 4 nitrogen and oxygen atoms in total. The predicted molar refractivity (Wildman–Crippen MR) is 53.4 cm³/mol. The Labute approximate surface area is 95.7 Å². The lowest BCUT2D eigenvalue weighted by Gasteiger charge is -2.12. The van der Waals surface area contributed by atoms with Gasteiger partial charge in [-0.05, 0) is 23.3 Å². The van der Waals surface area contributed by atoms with Gasteiger partial charge in [0.25, 0.3) is 6.43 Å². The zero-order valence-electron chi connectivity index (χ0n) is 8.65. The minimum Gasteiger partial charge on any atom is -0.481 e. The Kier molecular flexibility index (Phi) is 4.12. The number of carboxylic acids is 1. The Morgan fingerprint density at radius 3 is 2.53 bits per heavy atom. The predicted octanol–water partition coefficient (Wildman–Crippen LogP) is 1.62. The van der Waals surface area contributed by atoms with Crippen molar-refractivity contribution in [1.82, 2.24) is 0 Å². The zero-order valence-corrected chi connectivity index (χ0v) is 8.65. The molecule has 1 aromatic carbocycles. The summed E-state index contributed by atoms with van der Waals surface area (Å²) in [5.41, 5.74) is -0.635. The molecule has 0 bridgehead atoms. The van der Waals surface area contributed by atoms with Gasteiger partial charge < -0.3 is 10.2 Å². The lowest BCUT2D eigenvalue weighted by molar-refractivity contribution is -0.136. The van der Waals surface area contributed by atoms with E-state index in [0.29, 0.717) is 0 Å². The number of carboxylic acid groups (broad SMARTS) is 1. The van der Waals surface area contributed by atoms with Gasteiger partial charge in [-0.1, -0.05) is 0 Å². The summed E-state index contributed by atoms with van der Waals surface area (Å²) < 4.78 is 25.5. The van der Waals surface area contributed by atoms with E-state index in [1.54, 1.807) is 6.07 Å². The molecule has 2 N–H and O–H groups in total. The van der Waals surface area contributed by atoms with Crippen LogP contribution in [-0.4, -0.2) is 16.2 Å². The molecule has 0 aliphatic rings. The van der Waals surface area contributed by atoms with Crippen LogP contribution in [0.5, 0.6) is 0 Å². The van der Waals surface area contributed by atoms with E-state index in [2.05, 4.69) is 0 Å². The van der Waals surface area contributed by atoms with Crippen molar-refractivity contribution < 1.29 is 23.8 Å². The van der Waals surface area contributed by atoms with Crippen molar-refractivity contribution in [3.05, 3.63) is 34.4 Å². The van der Waals surface area contributed by atoms with Gasteiger partial charge >= 0.3 is 5.97 Å². The van der Waals surface area contributed by atoms with Crippen LogP contribution in [0, 0.1) is 11.3 Å². The average molecular weight is 241 g/mol. The molecule has 0 unspecified atom stereocenters. The largest absolute Gasteiger partial charge is 0.481 e. The van der Waals surface area contributed by atoms with Crippen LogP contribution >= 0.6 is 0 Å². The van der Waals surface area contributed by atoms with Gasteiger partial charge in [0.1, 0.15) is 0 Å². The number of nitrogens with zero attached hydrogens (tertiary/aromatic N) is 1. The van der Waals surface area contributed by atoms with E-state index in [0.717, 1.165) is 6.07 Å². The molecule has 0 radical (unpaired) electrons. The van der Waals surface area contributed by atoms with Crippen LogP contribution in [-0.2, 0) is 17.8 Å². The van der Waals surface area contributed by atoms with Gasteiger partial charge in [-0.25, -0.2) is 8.78 Å². The molecular formula is C11H9F2NO3. The third-order valence-electron chi connectivity index (χ3n) is 2.24. The minimum absolute atomic E-state index is 0.0292. The monoisotopic (exact) mass is 241 g/mol. The van der Waals surface area contributed by atoms with Crippen LogP contribution in [0.15, 0.2) is 12.1 Å². The van der Waals surface area contributed by atoms with Crippen LogP contribution in [0.2, 0.25) is 0 Å². The molecule has 1 aromatic rings. The summed E-state index contributed by atoms with van der Waals surface area (Å²) in [4.78, 5) is 10.6. The third-order valence-corrected chi connectivity index (χ3v) is 2.24. The minimum atomic E-state index is -2.89. The van der Waals surface area contributed by atoms with Crippen molar-refractivity contribution in [3.63, 3.8) is 0 Å². The summed E-state index contributed by atoms with van der Waals surface area (Å²) in [5.74, 6) is -1.27. The molecule has 0 aliphatic carbocycles. The summed E-state index contributed by atoms with van der Waals surface area (Å²) in [6, 6.07) is 3.84. The molecular weight excluding hydrogens is 232 g/mol. The maximum atomic E-state index is 12.7. The first kappa shape index (κ1) is 13.1. The topological polar surface area (TPSA) is 81.3 Å². The summed E-state index contributed by atoms with van der Waals surface area (Å²) in [6.45, 7) is -0.585. The number of alkyl halides is 2. The lowest BCUT2D eigenvalue weighted by atomic mass is 9.96. The molecule has 0 aromatic heterocycles. The number of hydrogen-bond donors (Lipinski definition) is 2. The second kappa shape index (κ2) is 5.37. The van der Waals surface area contributed by atoms with Crippen LogP contribution < -0.4 is 0 Å². The van der Waals surface area contributed by atoms with Crippen molar-refractivity contribution in [1.29, 1.82) is 5.26 Å². The van der Waals surface area contributed by atoms with E-state index in [4.69, 9.17) is 15.5 Å². The van der Waals surface area contributed by atoms with Crippen molar-refractivity contribution in [2.75, 3.05) is 0 Å². The molecule has 0 amide bonds. The van der Waals surface area contributed by atoms with Gasteiger partial charge in [0, 0.05) is 5.56 Å². The molecule has 0 saturated heterocycles. The Hall–Kier alpha value is -2.00. The van der Waals surface area contributed by atoms with Gasteiger partial charge in [-0.15, -0.1) is 0 Å². The number of hydrogen-bond acceptors (Lipinski definition) is 3. The van der Waals surface area contributed by atoms with E-state index in [1.165, 1.54) is 6.07 Å².